The molecule has 0 saturated heterocycles. The normalized spacial score (nSPS) is 10.6. The van der Waals surface area contributed by atoms with E-state index in [-0.39, 0.29) is 11.1 Å². The molecule has 2 aromatic rings. The van der Waals surface area contributed by atoms with Gasteiger partial charge >= 0.3 is 5.97 Å². The first kappa shape index (κ1) is 11.4. The van der Waals surface area contributed by atoms with E-state index in [0.29, 0.717) is 10.9 Å². The summed E-state index contributed by atoms with van der Waals surface area (Å²) in [5, 5.41) is 9.47. The van der Waals surface area contributed by atoms with Crippen LogP contribution in [0.3, 0.4) is 0 Å². The highest BCUT2D eigenvalue weighted by Gasteiger charge is 2.10. The summed E-state index contributed by atoms with van der Waals surface area (Å²) in [6, 6.07) is 6.60. The number of nitrogens with one attached hydrogen (secondary N) is 1. The lowest BCUT2D eigenvalue weighted by molar-refractivity contribution is 0.0691. The summed E-state index contributed by atoms with van der Waals surface area (Å²) in [5.74, 6) is -1.12. The first-order chi connectivity index (χ1) is 8.13. The van der Waals surface area contributed by atoms with Crippen LogP contribution in [0, 0.1) is 0 Å². The summed E-state index contributed by atoms with van der Waals surface area (Å²) in [6.07, 6.45) is 1.76. The van der Waals surface area contributed by atoms with Crippen LogP contribution < -0.4 is 5.43 Å². The average Bonchev–Trinajstić information content (AvgIpc) is 2.29. The largest absolute Gasteiger partial charge is 0.477 e. The molecule has 0 bridgehead atoms. The number of carbonyl (C=O) groups is 1. The van der Waals surface area contributed by atoms with Gasteiger partial charge in [-0.3, -0.25) is 4.79 Å². The summed E-state index contributed by atoms with van der Waals surface area (Å²) in [5.41, 5.74) is 1.24. The van der Waals surface area contributed by atoms with Gasteiger partial charge in [0.15, 0.2) is 5.43 Å². The van der Waals surface area contributed by atoms with E-state index < -0.39 is 5.97 Å². The van der Waals surface area contributed by atoms with E-state index in [1.165, 1.54) is 0 Å². The molecule has 0 radical (unpaired) electrons. The molecule has 0 fully saturated rings. The fourth-order valence-electron chi connectivity index (χ4n) is 1.97. The number of fused-ring (bicyclic) bond motifs is 1. The highest BCUT2D eigenvalue weighted by atomic mass is 16.4. The van der Waals surface area contributed by atoms with Crippen LogP contribution in [0.1, 0.15) is 29.4 Å². The number of aromatic amines is 1. The average molecular weight is 231 g/mol. The Labute approximate surface area is 97.9 Å². The smallest absolute Gasteiger partial charge is 0.352 e. The molecule has 0 saturated carbocycles. The maximum atomic E-state index is 11.9. The second-order valence-electron chi connectivity index (χ2n) is 3.94. The minimum Gasteiger partial charge on any atom is -0.477 e. The molecule has 1 aromatic carbocycles. The number of aromatic nitrogens is 1. The van der Waals surface area contributed by atoms with Crippen LogP contribution >= 0.6 is 0 Å². The Morgan fingerprint density at radius 2 is 2.18 bits per heavy atom. The summed E-state index contributed by atoms with van der Waals surface area (Å²) in [7, 11) is 0. The Morgan fingerprint density at radius 3 is 2.82 bits per heavy atom. The van der Waals surface area contributed by atoms with Crippen LogP contribution in [0.5, 0.6) is 0 Å². The van der Waals surface area contributed by atoms with Gasteiger partial charge < -0.3 is 10.1 Å². The van der Waals surface area contributed by atoms with Crippen molar-refractivity contribution in [3.05, 3.63) is 45.7 Å². The molecule has 0 amide bonds. The predicted octanol–water partition coefficient (Wildman–Crippen LogP) is 2.18. The highest BCUT2D eigenvalue weighted by Crippen LogP contribution is 2.15. The Bertz CT molecular complexity index is 628. The SMILES string of the molecule is CCCc1cccc2[nH]c(C(=O)O)cc(=O)c12. The molecular weight excluding hydrogens is 218 g/mol. The summed E-state index contributed by atoms with van der Waals surface area (Å²) in [6.45, 7) is 2.04. The number of rotatable bonds is 3. The van der Waals surface area contributed by atoms with Crippen LogP contribution in [-0.4, -0.2) is 16.1 Å². The van der Waals surface area contributed by atoms with E-state index >= 15 is 0 Å². The van der Waals surface area contributed by atoms with Gasteiger partial charge in [-0.2, -0.15) is 0 Å². The van der Waals surface area contributed by atoms with Gasteiger partial charge in [-0.05, 0) is 18.1 Å². The lowest BCUT2D eigenvalue weighted by Gasteiger charge is -2.05. The molecule has 0 aliphatic heterocycles. The van der Waals surface area contributed by atoms with Crippen LogP contribution in [-0.2, 0) is 6.42 Å². The van der Waals surface area contributed by atoms with Gasteiger partial charge in [0.25, 0.3) is 0 Å². The molecule has 0 atom stereocenters. The standard InChI is InChI=1S/C13H13NO3/c1-2-4-8-5-3-6-9-12(8)11(15)7-10(14-9)13(16)17/h3,5-7H,2,4H2,1H3,(H,14,15)(H,16,17). The fraction of sp³-hybridized carbons (Fsp3) is 0.231. The third-order valence-corrected chi connectivity index (χ3v) is 2.69. The quantitative estimate of drug-likeness (QED) is 0.850. The monoisotopic (exact) mass is 231 g/mol. The lowest BCUT2D eigenvalue weighted by Crippen LogP contribution is -2.11. The number of carboxylic acid groups (broad SMARTS) is 1. The Hall–Kier alpha value is -2.10. The first-order valence-corrected chi connectivity index (χ1v) is 5.51. The van der Waals surface area contributed by atoms with Gasteiger partial charge in [0, 0.05) is 11.5 Å². The second kappa shape index (κ2) is 4.41. The molecule has 4 heteroatoms. The van der Waals surface area contributed by atoms with E-state index in [2.05, 4.69) is 4.98 Å². The Balaban J connectivity index is 2.76. The second-order valence-corrected chi connectivity index (χ2v) is 3.94. The van der Waals surface area contributed by atoms with Gasteiger partial charge in [0.2, 0.25) is 0 Å². The van der Waals surface area contributed by atoms with E-state index in [4.69, 9.17) is 5.11 Å². The number of hydrogen-bond donors (Lipinski definition) is 2. The van der Waals surface area contributed by atoms with Gasteiger partial charge in [-0.25, -0.2) is 4.79 Å². The van der Waals surface area contributed by atoms with E-state index in [9.17, 15) is 9.59 Å². The molecule has 1 heterocycles. The van der Waals surface area contributed by atoms with Crippen molar-refractivity contribution in [2.24, 2.45) is 0 Å². The zero-order valence-electron chi connectivity index (χ0n) is 9.49. The predicted molar refractivity (Wildman–Crippen MR) is 65.5 cm³/mol. The molecular formula is C13H13NO3. The number of aromatic carboxylic acids is 1. The molecule has 17 heavy (non-hydrogen) atoms. The zero-order chi connectivity index (χ0) is 12.4. The highest BCUT2D eigenvalue weighted by molar-refractivity contribution is 5.90. The summed E-state index contributed by atoms with van der Waals surface area (Å²) < 4.78 is 0. The summed E-state index contributed by atoms with van der Waals surface area (Å²) in [4.78, 5) is 25.5. The van der Waals surface area contributed by atoms with Crippen LogP contribution in [0.25, 0.3) is 10.9 Å². The van der Waals surface area contributed by atoms with Crippen molar-refractivity contribution in [2.45, 2.75) is 19.8 Å². The molecule has 0 spiro atoms. The van der Waals surface area contributed by atoms with Gasteiger partial charge in [0.1, 0.15) is 5.69 Å². The van der Waals surface area contributed by atoms with Crippen LogP contribution in [0.2, 0.25) is 0 Å². The van der Waals surface area contributed by atoms with Crippen molar-refractivity contribution in [3.63, 3.8) is 0 Å². The van der Waals surface area contributed by atoms with E-state index in [0.717, 1.165) is 24.5 Å². The molecule has 1 aromatic heterocycles. The van der Waals surface area contributed by atoms with Crippen molar-refractivity contribution < 1.29 is 9.90 Å². The Kier molecular flexibility index (Phi) is 2.95. The van der Waals surface area contributed by atoms with Crippen LogP contribution in [0.15, 0.2) is 29.1 Å². The number of pyridine rings is 1. The van der Waals surface area contributed by atoms with E-state index in [1.807, 2.05) is 19.1 Å². The molecule has 0 unspecified atom stereocenters. The van der Waals surface area contributed by atoms with Crippen molar-refractivity contribution >= 4 is 16.9 Å². The van der Waals surface area contributed by atoms with Gasteiger partial charge in [-0.15, -0.1) is 0 Å². The van der Waals surface area contributed by atoms with Gasteiger partial charge in [0.05, 0.1) is 5.52 Å². The fourth-order valence-corrected chi connectivity index (χ4v) is 1.97. The minimum atomic E-state index is -1.12. The van der Waals surface area contributed by atoms with Crippen molar-refractivity contribution in [1.29, 1.82) is 0 Å². The number of aryl methyl sites for hydroxylation is 1. The molecule has 2 N–H and O–H groups in total. The molecule has 88 valence electrons. The molecule has 0 aliphatic rings. The first-order valence-electron chi connectivity index (χ1n) is 5.51. The maximum absolute atomic E-state index is 11.9. The number of hydrogen-bond acceptors (Lipinski definition) is 2. The van der Waals surface area contributed by atoms with Crippen LogP contribution in [0.4, 0.5) is 0 Å². The van der Waals surface area contributed by atoms with Crippen molar-refractivity contribution in [3.8, 4) is 0 Å². The molecule has 2 rings (SSSR count). The van der Waals surface area contributed by atoms with Crippen molar-refractivity contribution in [1.82, 2.24) is 4.98 Å². The zero-order valence-corrected chi connectivity index (χ0v) is 9.49. The Morgan fingerprint density at radius 1 is 1.41 bits per heavy atom. The minimum absolute atomic E-state index is 0.0730. The number of benzene rings is 1. The molecule has 0 aliphatic carbocycles. The number of carboxylic acids is 1. The lowest BCUT2D eigenvalue weighted by atomic mass is 10.0. The summed E-state index contributed by atoms with van der Waals surface area (Å²) >= 11 is 0. The third kappa shape index (κ3) is 2.06. The van der Waals surface area contributed by atoms with E-state index in [1.54, 1.807) is 6.07 Å². The number of H-pyrrole nitrogens is 1. The van der Waals surface area contributed by atoms with Gasteiger partial charge in [-0.1, -0.05) is 25.5 Å². The molecule has 4 nitrogen and oxygen atoms in total. The maximum Gasteiger partial charge on any atom is 0.352 e. The van der Waals surface area contributed by atoms with Crippen molar-refractivity contribution in [2.75, 3.05) is 0 Å². The third-order valence-electron chi connectivity index (χ3n) is 2.69. The topological polar surface area (TPSA) is 70.2 Å².